The van der Waals surface area contributed by atoms with E-state index >= 15 is 0 Å². The van der Waals surface area contributed by atoms with Gasteiger partial charge in [-0.1, -0.05) is 0 Å². The Hall–Kier alpha value is -1.46. The molecule has 5 nitrogen and oxygen atoms in total. The van der Waals surface area contributed by atoms with E-state index in [1.54, 1.807) is 21.3 Å². The van der Waals surface area contributed by atoms with Gasteiger partial charge in [0, 0.05) is 24.2 Å². The van der Waals surface area contributed by atoms with Gasteiger partial charge in [-0.15, -0.1) is 0 Å². The monoisotopic (exact) mass is 293 g/mol. The van der Waals surface area contributed by atoms with Crippen molar-refractivity contribution >= 4 is 0 Å². The van der Waals surface area contributed by atoms with Crippen LogP contribution in [-0.2, 0) is 11.3 Å². The molecule has 116 valence electrons. The zero-order valence-corrected chi connectivity index (χ0v) is 12.8. The molecule has 0 spiro atoms. The van der Waals surface area contributed by atoms with Crippen molar-refractivity contribution < 1.29 is 18.9 Å². The van der Waals surface area contributed by atoms with Crippen LogP contribution in [0.1, 0.15) is 24.8 Å². The molecular weight excluding hydrogens is 270 g/mol. The molecule has 0 aliphatic carbocycles. The summed E-state index contributed by atoms with van der Waals surface area (Å²) in [6.07, 6.45) is 4.33. The van der Waals surface area contributed by atoms with E-state index in [0.29, 0.717) is 24.0 Å². The molecule has 2 fully saturated rings. The van der Waals surface area contributed by atoms with E-state index in [-0.39, 0.29) is 0 Å². The van der Waals surface area contributed by atoms with Crippen LogP contribution in [0.15, 0.2) is 12.1 Å². The molecule has 5 heteroatoms. The number of hydrogen-bond donors (Lipinski definition) is 1. The summed E-state index contributed by atoms with van der Waals surface area (Å²) >= 11 is 0. The standard InChI is InChI=1S/C16H23NO4/c1-18-14-8-16(20-3)15(19-2)6-10(14)9-17-12-7-11-4-5-13(12)21-11/h6,8,11-13,17H,4-5,7,9H2,1-3H3. The lowest BCUT2D eigenvalue weighted by molar-refractivity contribution is 0.0972. The fourth-order valence-corrected chi connectivity index (χ4v) is 3.32. The normalized spacial score (nSPS) is 26.9. The second-order valence-electron chi connectivity index (χ2n) is 5.62. The van der Waals surface area contributed by atoms with Gasteiger partial charge in [0.15, 0.2) is 11.5 Å². The number of nitrogens with one attached hydrogen (secondary N) is 1. The van der Waals surface area contributed by atoms with Gasteiger partial charge in [0.1, 0.15) is 5.75 Å². The van der Waals surface area contributed by atoms with Gasteiger partial charge in [-0.3, -0.25) is 0 Å². The Kier molecular flexibility index (Phi) is 4.22. The predicted octanol–water partition coefficient (Wildman–Crippen LogP) is 2.12. The van der Waals surface area contributed by atoms with Gasteiger partial charge in [0.2, 0.25) is 0 Å². The van der Waals surface area contributed by atoms with Crippen LogP contribution in [0.5, 0.6) is 17.2 Å². The third kappa shape index (κ3) is 2.80. The zero-order chi connectivity index (χ0) is 14.8. The summed E-state index contributed by atoms with van der Waals surface area (Å²) in [5.74, 6) is 2.21. The van der Waals surface area contributed by atoms with E-state index < -0.39 is 0 Å². The van der Waals surface area contributed by atoms with Gasteiger partial charge in [0.05, 0.1) is 33.5 Å². The third-order valence-electron chi connectivity index (χ3n) is 4.45. The Labute approximate surface area is 125 Å². The summed E-state index contributed by atoms with van der Waals surface area (Å²) in [6, 6.07) is 4.29. The Morgan fingerprint density at radius 2 is 1.76 bits per heavy atom. The summed E-state index contributed by atoms with van der Waals surface area (Å²) in [4.78, 5) is 0. The molecule has 0 amide bonds. The van der Waals surface area contributed by atoms with Crippen molar-refractivity contribution in [1.29, 1.82) is 0 Å². The van der Waals surface area contributed by atoms with Gasteiger partial charge < -0.3 is 24.3 Å². The molecule has 2 heterocycles. The molecule has 2 saturated heterocycles. The maximum Gasteiger partial charge on any atom is 0.164 e. The average molecular weight is 293 g/mol. The molecular formula is C16H23NO4. The summed E-state index contributed by atoms with van der Waals surface area (Å²) in [5.41, 5.74) is 1.07. The van der Waals surface area contributed by atoms with Gasteiger partial charge in [-0.25, -0.2) is 0 Å². The third-order valence-corrected chi connectivity index (χ3v) is 4.45. The van der Waals surface area contributed by atoms with E-state index in [9.17, 15) is 0 Å². The van der Waals surface area contributed by atoms with Crippen LogP contribution in [0.4, 0.5) is 0 Å². The second kappa shape index (κ2) is 6.12. The minimum atomic E-state index is 0.376. The van der Waals surface area contributed by atoms with Gasteiger partial charge >= 0.3 is 0 Å². The number of fused-ring (bicyclic) bond motifs is 2. The quantitative estimate of drug-likeness (QED) is 0.870. The van der Waals surface area contributed by atoms with Crippen molar-refractivity contribution in [2.75, 3.05) is 21.3 Å². The number of benzene rings is 1. The van der Waals surface area contributed by atoms with Crippen LogP contribution in [0.25, 0.3) is 0 Å². The van der Waals surface area contributed by atoms with E-state index in [1.165, 1.54) is 12.8 Å². The second-order valence-corrected chi connectivity index (χ2v) is 5.62. The highest BCUT2D eigenvalue weighted by molar-refractivity contribution is 5.50. The highest BCUT2D eigenvalue weighted by Gasteiger charge is 2.40. The van der Waals surface area contributed by atoms with Crippen LogP contribution >= 0.6 is 0 Å². The SMILES string of the molecule is COc1cc(OC)c(OC)cc1CNC1CC2CCC1O2. The minimum Gasteiger partial charge on any atom is -0.496 e. The molecule has 2 bridgehead atoms. The predicted molar refractivity (Wildman–Crippen MR) is 79.2 cm³/mol. The Morgan fingerprint density at radius 3 is 2.33 bits per heavy atom. The Morgan fingerprint density at radius 1 is 1.05 bits per heavy atom. The van der Waals surface area contributed by atoms with Crippen molar-refractivity contribution in [3.63, 3.8) is 0 Å². The molecule has 3 atom stereocenters. The number of ether oxygens (including phenoxy) is 4. The first-order valence-corrected chi connectivity index (χ1v) is 7.43. The van der Waals surface area contributed by atoms with Gasteiger partial charge in [-0.05, 0) is 25.3 Å². The first kappa shape index (κ1) is 14.5. The largest absolute Gasteiger partial charge is 0.496 e. The minimum absolute atomic E-state index is 0.376. The lowest BCUT2D eigenvalue weighted by Crippen LogP contribution is -2.37. The summed E-state index contributed by atoms with van der Waals surface area (Å²) in [7, 11) is 4.94. The van der Waals surface area contributed by atoms with E-state index in [0.717, 1.165) is 30.0 Å². The molecule has 3 rings (SSSR count). The Bertz CT molecular complexity index is 505. The maximum atomic E-state index is 5.87. The molecule has 3 unspecified atom stereocenters. The fourth-order valence-electron chi connectivity index (χ4n) is 3.32. The van der Waals surface area contributed by atoms with E-state index in [4.69, 9.17) is 18.9 Å². The molecule has 1 aromatic carbocycles. The topological polar surface area (TPSA) is 49.0 Å². The highest BCUT2D eigenvalue weighted by Crippen LogP contribution is 2.36. The zero-order valence-electron chi connectivity index (χ0n) is 12.8. The smallest absolute Gasteiger partial charge is 0.164 e. The van der Waals surface area contributed by atoms with Crippen LogP contribution in [0.3, 0.4) is 0 Å². The van der Waals surface area contributed by atoms with E-state index in [2.05, 4.69) is 5.32 Å². The summed E-state index contributed by atoms with van der Waals surface area (Å²) in [5, 5.41) is 3.59. The van der Waals surface area contributed by atoms with Gasteiger partial charge in [-0.2, -0.15) is 0 Å². The molecule has 2 aliphatic rings. The first-order valence-electron chi connectivity index (χ1n) is 7.43. The highest BCUT2D eigenvalue weighted by atomic mass is 16.5. The van der Waals surface area contributed by atoms with E-state index in [1.807, 2.05) is 12.1 Å². The molecule has 1 N–H and O–H groups in total. The van der Waals surface area contributed by atoms with Crippen LogP contribution in [0, 0.1) is 0 Å². The number of methoxy groups -OCH3 is 3. The lowest BCUT2D eigenvalue weighted by Gasteiger charge is -2.21. The van der Waals surface area contributed by atoms with Crippen molar-refractivity contribution in [2.45, 2.75) is 44.1 Å². The Balaban J connectivity index is 1.71. The number of rotatable bonds is 6. The molecule has 0 radical (unpaired) electrons. The summed E-state index contributed by atoms with van der Waals surface area (Å²) < 4.78 is 22.0. The molecule has 0 saturated carbocycles. The first-order chi connectivity index (χ1) is 10.2. The van der Waals surface area contributed by atoms with Crippen molar-refractivity contribution in [1.82, 2.24) is 5.32 Å². The van der Waals surface area contributed by atoms with Crippen LogP contribution in [-0.4, -0.2) is 39.6 Å². The molecule has 2 aliphatic heterocycles. The lowest BCUT2D eigenvalue weighted by atomic mass is 9.95. The fraction of sp³-hybridized carbons (Fsp3) is 0.625. The molecule has 0 aromatic heterocycles. The molecule has 1 aromatic rings. The summed E-state index contributed by atoms with van der Waals surface area (Å²) in [6.45, 7) is 0.737. The van der Waals surface area contributed by atoms with Crippen molar-refractivity contribution in [3.8, 4) is 17.2 Å². The average Bonchev–Trinajstić information content (AvgIpc) is 3.14. The van der Waals surface area contributed by atoms with Crippen LogP contribution < -0.4 is 19.5 Å². The molecule has 21 heavy (non-hydrogen) atoms. The number of hydrogen-bond acceptors (Lipinski definition) is 5. The van der Waals surface area contributed by atoms with Crippen molar-refractivity contribution in [2.24, 2.45) is 0 Å². The van der Waals surface area contributed by atoms with Crippen molar-refractivity contribution in [3.05, 3.63) is 17.7 Å². The van der Waals surface area contributed by atoms with Gasteiger partial charge in [0.25, 0.3) is 0 Å². The van der Waals surface area contributed by atoms with Crippen LogP contribution in [0.2, 0.25) is 0 Å². The maximum absolute atomic E-state index is 5.87.